The zero-order valence-electron chi connectivity index (χ0n) is 10.5. The molecule has 0 aliphatic heterocycles. The molecule has 0 aliphatic carbocycles. The van der Waals surface area contributed by atoms with Gasteiger partial charge in [-0.15, -0.1) is 0 Å². The van der Waals surface area contributed by atoms with Gasteiger partial charge in [0.05, 0.1) is 12.1 Å². The number of carbonyl (C=O) groups is 1. The van der Waals surface area contributed by atoms with Crippen LogP contribution in [0.1, 0.15) is 15.9 Å². The predicted molar refractivity (Wildman–Crippen MR) is 72.0 cm³/mol. The smallest absolute Gasteiger partial charge is 0.255 e. The van der Waals surface area contributed by atoms with Crippen molar-refractivity contribution in [2.45, 2.75) is 0 Å². The molecule has 0 atom stereocenters. The molecule has 0 bridgehead atoms. The van der Waals surface area contributed by atoms with Gasteiger partial charge in [-0.3, -0.25) is 4.79 Å². The van der Waals surface area contributed by atoms with Crippen molar-refractivity contribution in [1.29, 1.82) is 0 Å². The van der Waals surface area contributed by atoms with E-state index in [9.17, 15) is 13.6 Å². The number of rotatable bonds is 2. The molecule has 1 N–H and O–H groups in total. The molecule has 2 aromatic carbocycles. The van der Waals surface area contributed by atoms with Crippen molar-refractivity contribution >= 4 is 5.91 Å². The first-order valence-electron chi connectivity index (χ1n) is 5.94. The summed E-state index contributed by atoms with van der Waals surface area (Å²) in [6, 6.07) is 11.4. The highest BCUT2D eigenvalue weighted by molar-refractivity contribution is 5.94. The maximum Gasteiger partial charge on any atom is 0.255 e. The second-order valence-corrected chi connectivity index (χ2v) is 3.97. The monoisotopic (exact) mass is 271 g/mol. The van der Waals surface area contributed by atoms with Gasteiger partial charge in [-0.25, -0.2) is 8.78 Å². The fourth-order valence-electron chi connectivity index (χ4n) is 1.54. The SMILES string of the molecule is O=C(NCC#Cc1ccc(F)cc1)c1ccccc1F. The highest BCUT2D eigenvalue weighted by Crippen LogP contribution is 2.05. The Hall–Kier alpha value is -2.67. The molecule has 100 valence electrons. The largest absolute Gasteiger partial charge is 0.341 e. The molecule has 0 heterocycles. The Bertz CT molecular complexity index is 669. The van der Waals surface area contributed by atoms with Crippen LogP contribution in [0, 0.1) is 23.5 Å². The van der Waals surface area contributed by atoms with Crippen LogP contribution in [0.5, 0.6) is 0 Å². The summed E-state index contributed by atoms with van der Waals surface area (Å²) in [5, 5.41) is 2.49. The Morgan fingerprint density at radius 2 is 1.75 bits per heavy atom. The molecular weight excluding hydrogens is 260 g/mol. The molecule has 4 heteroatoms. The predicted octanol–water partition coefficient (Wildman–Crippen LogP) is 2.75. The summed E-state index contributed by atoms with van der Waals surface area (Å²) in [5.74, 6) is 4.06. The lowest BCUT2D eigenvalue weighted by molar-refractivity contribution is 0.0954. The van der Waals surface area contributed by atoms with Gasteiger partial charge in [0.1, 0.15) is 11.6 Å². The Labute approximate surface area is 115 Å². The minimum atomic E-state index is -0.573. The number of halogens is 2. The molecule has 0 saturated carbocycles. The van der Waals surface area contributed by atoms with Gasteiger partial charge < -0.3 is 5.32 Å². The molecule has 0 saturated heterocycles. The fraction of sp³-hybridized carbons (Fsp3) is 0.0625. The van der Waals surface area contributed by atoms with Crippen LogP contribution < -0.4 is 5.32 Å². The summed E-state index contributed by atoms with van der Waals surface area (Å²) in [5.41, 5.74) is 0.627. The van der Waals surface area contributed by atoms with E-state index < -0.39 is 11.7 Å². The number of nitrogens with one attached hydrogen (secondary N) is 1. The molecule has 0 spiro atoms. The summed E-state index contributed by atoms with van der Waals surface area (Å²) < 4.78 is 26.0. The Morgan fingerprint density at radius 3 is 2.45 bits per heavy atom. The van der Waals surface area contributed by atoms with Crippen LogP contribution in [0.2, 0.25) is 0 Å². The number of benzene rings is 2. The first kappa shape index (κ1) is 13.8. The number of hydrogen-bond acceptors (Lipinski definition) is 1. The summed E-state index contributed by atoms with van der Waals surface area (Å²) in [6.45, 7) is 0.0878. The van der Waals surface area contributed by atoms with E-state index in [1.54, 1.807) is 18.2 Å². The van der Waals surface area contributed by atoms with Gasteiger partial charge in [0, 0.05) is 5.56 Å². The highest BCUT2D eigenvalue weighted by Gasteiger charge is 2.08. The van der Waals surface area contributed by atoms with Crippen LogP contribution in [0.15, 0.2) is 48.5 Å². The van der Waals surface area contributed by atoms with Gasteiger partial charge in [0.25, 0.3) is 5.91 Å². The van der Waals surface area contributed by atoms with Gasteiger partial charge in [-0.1, -0.05) is 24.0 Å². The Morgan fingerprint density at radius 1 is 1.05 bits per heavy atom. The van der Waals surface area contributed by atoms with Crippen LogP contribution in [0.4, 0.5) is 8.78 Å². The lowest BCUT2D eigenvalue weighted by Gasteiger charge is -2.01. The number of hydrogen-bond donors (Lipinski definition) is 1. The molecular formula is C16H11F2NO. The zero-order valence-corrected chi connectivity index (χ0v) is 10.5. The van der Waals surface area contributed by atoms with E-state index in [1.165, 1.54) is 30.3 Å². The normalized spacial score (nSPS) is 9.50. The van der Waals surface area contributed by atoms with Crippen molar-refractivity contribution in [2.24, 2.45) is 0 Å². The maximum atomic E-state index is 13.3. The summed E-state index contributed by atoms with van der Waals surface area (Å²) >= 11 is 0. The third-order valence-corrected chi connectivity index (χ3v) is 2.53. The van der Waals surface area contributed by atoms with Gasteiger partial charge in [0.2, 0.25) is 0 Å². The third kappa shape index (κ3) is 3.66. The van der Waals surface area contributed by atoms with Crippen LogP contribution in [-0.2, 0) is 0 Å². The molecule has 20 heavy (non-hydrogen) atoms. The molecule has 0 fully saturated rings. The van der Waals surface area contributed by atoms with Gasteiger partial charge in [-0.2, -0.15) is 0 Å². The van der Waals surface area contributed by atoms with Gasteiger partial charge in [0.15, 0.2) is 0 Å². The van der Waals surface area contributed by atoms with Crippen molar-refractivity contribution in [3.05, 3.63) is 71.3 Å². The van der Waals surface area contributed by atoms with E-state index in [4.69, 9.17) is 0 Å². The molecule has 2 rings (SSSR count). The first-order valence-corrected chi connectivity index (χ1v) is 5.94. The first-order chi connectivity index (χ1) is 9.66. The lowest BCUT2D eigenvalue weighted by Crippen LogP contribution is -2.24. The van der Waals surface area contributed by atoms with E-state index in [2.05, 4.69) is 17.2 Å². The average Bonchev–Trinajstić information content (AvgIpc) is 2.46. The molecule has 0 aromatic heterocycles. The quantitative estimate of drug-likeness (QED) is 0.836. The zero-order chi connectivity index (χ0) is 14.4. The molecule has 0 unspecified atom stereocenters. The van der Waals surface area contributed by atoms with Crippen LogP contribution >= 0.6 is 0 Å². The second-order valence-electron chi connectivity index (χ2n) is 3.97. The Balaban J connectivity index is 1.92. The lowest BCUT2D eigenvalue weighted by atomic mass is 10.2. The number of carbonyl (C=O) groups excluding carboxylic acids is 1. The molecule has 1 amide bonds. The minimum absolute atomic E-state index is 0.0175. The molecule has 0 radical (unpaired) electrons. The van der Waals surface area contributed by atoms with Crippen molar-refractivity contribution in [2.75, 3.05) is 6.54 Å². The molecule has 2 aromatic rings. The van der Waals surface area contributed by atoms with Crippen LogP contribution in [0.25, 0.3) is 0 Å². The van der Waals surface area contributed by atoms with Gasteiger partial charge in [-0.05, 0) is 36.4 Å². The van der Waals surface area contributed by atoms with E-state index in [1.807, 2.05) is 0 Å². The topological polar surface area (TPSA) is 29.1 Å². The van der Waals surface area contributed by atoms with E-state index >= 15 is 0 Å². The van der Waals surface area contributed by atoms with Crippen molar-refractivity contribution in [3.63, 3.8) is 0 Å². The summed E-state index contributed by atoms with van der Waals surface area (Å²) in [6.07, 6.45) is 0. The van der Waals surface area contributed by atoms with Crippen molar-refractivity contribution in [1.82, 2.24) is 5.32 Å². The van der Waals surface area contributed by atoms with Gasteiger partial charge >= 0.3 is 0 Å². The van der Waals surface area contributed by atoms with E-state index in [-0.39, 0.29) is 17.9 Å². The Kier molecular flexibility index (Phi) is 4.46. The van der Waals surface area contributed by atoms with Crippen LogP contribution in [-0.4, -0.2) is 12.5 Å². The van der Waals surface area contributed by atoms with Crippen molar-refractivity contribution in [3.8, 4) is 11.8 Å². The van der Waals surface area contributed by atoms with Crippen LogP contribution in [0.3, 0.4) is 0 Å². The maximum absolute atomic E-state index is 13.3. The van der Waals surface area contributed by atoms with E-state index in [0.717, 1.165) is 0 Å². The minimum Gasteiger partial charge on any atom is -0.341 e. The number of amides is 1. The summed E-state index contributed by atoms with van der Waals surface area (Å²) in [4.78, 5) is 11.7. The second kappa shape index (κ2) is 6.48. The van der Waals surface area contributed by atoms with Crippen molar-refractivity contribution < 1.29 is 13.6 Å². The summed E-state index contributed by atoms with van der Waals surface area (Å²) in [7, 11) is 0. The van der Waals surface area contributed by atoms with E-state index in [0.29, 0.717) is 5.56 Å². The fourth-order valence-corrected chi connectivity index (χ4v) is 1.54. The average molecular weight is 271 g/mol. The molecule has 0 aliphatic rings. The molecule has 2 nitrogen and oxygen atoms in total. The standard InChI is InChI=1S/C16H11F2NO/c17-13-9-7-12(8-10-13)4-3-11-19-16(20)14-5-1-2-6-15(14)18/h1-2,5-10H,11H2,(H,19,20). The third-order valence-electron chi connectivity index (χ3n) is 2.53. The highest BCUT2D eigenvalue weighted by atomic mass is 19.1.